The zero-order chi connectivity index (χ0) is 20.7. The number of benzene rings is 2. The van der Waals surface area contributed by atoms with E-state index in [1.54, 1.807) is 11.8 Å². The Kier molecular flexibility index (Phi) is 8.05. The highest BCUT2D eigenvalue weighted by molar-refractivity contribution is 9.10. The summed E-state index contributed by atoms with van der Waals surface area (Å²) in [6.07, 6.45) is 0. The molecule has 0 aliphatic rings. The largest absolute Gasteiger partial charge is 0.484 e. The van der Waals surface area contributed by atoms with Crippen LogP contribution in [0.5, 0.6) is 5.75 Å². The molecule has 2 amide bonds. The monoisotopic (exact) mass is 446 g/mol. The average Bonchev–Trinajstić information content (AvgIpc) is 2.65. The second kappa shape index (κ2) is 10.3. The summed E-state index contributed by atoms with van der Waals surface area (Å²) in [5, 5.41) is 2.87. The molecule has 2 aromatic rings. The number of rotatable bonds is 8. The highest BCUT2D eigenvalue weighted by Crippen LogP contribution is 2.16. The molecule has 0 bridgehead atoms. The van der Waals surface area contributed by atoms with Crippen LogP contribution in [0.25, 0.3) is 0 Å². The fourth-order valence-corrected chi connectivity index (χ4v) is 2.90. The molecule has 0 aromatic heterocycles. The molecule has 1 N–H and O–H groups in total. The van der Waals surface area contributed by atoms with Crippen molar-refractivity contribution in [2.75, 3.05) is 6.61 Å². The fourth-order valence-electron chi connectivity index (χ4n) is 2.64. The van der Waals surface area contributed by atoms with E-state index in [1.807, 2.05) is 69.3 Å². The molecule has 1 unspecified atom stereocenters. The van der Waals surface area contributed by atoms with Crippen molar-refractivity contribution in [3.63, 3.8) is 0 Å². The van der Waals surface area contributed by atoms with Crippen molar-refractivity contribution in [1.82, 2.24) is 10.2 Å². The van der Waals surface area contributed by atoms with Gasteiger partial charge in [0.2, 0.25) is 5.91 Å². The van der Waals surface area contributed by atoms with Crippen LogP contribution in [0.4, 0.5) is 0 Å². The Morgan fingerprint density at radius 2 is 1.64 bits per heavy atom. The number of hydrogen-bond acceptors (Lipinski definition) is 3. The minimum absolute atomic E-state index is 0.00314. The Labute approximate surface area is 175 Å². The minimum atomic E-state index is -0.611. The normalized spacial score (nSPS) is 11.8. The first-order chi connectivity index (χ1) is 13.3. The molecule has 6 heteroatoms. The molecule has 0 fully saturated rings. The van der Waals surface area contributed by atoms with E-state index < -0.39 is 6.04 Å². The van der Waals surface area contributed by atoms with Crippen LogP contribution in [0.1, 0.15) is 31.9 Å². The van der Waals surface area contributed by atoms with E-state index in [0.717, 1.165) is 15.6 Å². The highest BCUT2D eigenvalue weighted by atomic mass is 79.9. The quantitative estimate of drug-likeness (QED) is 0.664. The van der Waals surface area contributed by atoms with E-state index in [4.69, 9.17) is 4.74 Å². The van der Waals surface area contributed by atoms with E-state index >= 15 is 0 Å². The van der Waals surface area contributed by atoms with Gasteiger partial charge >= 0.3 is 0 Å². The summed E-state index contributed by atoms with van der Waals surface area (Å²) in [7, 11) is 0. The number of nitrogens with zero attached hydrogens (tertiary/aromatic N) is 1. The van der Waals surface area contributed by atoms with Crippen molar-refractivity contribution < 1.29 is 14.3 Å². The number of aryl methyl sites for hydroxylation is 1. The van der Waals surface area contributed by atoms with Crippen molar-refractivity contribution in [1.29, 1.82) is 0 Å². The maximum atomic E-state index is 12.9. The van der Waals surface area contributed by atoms with Crippen LogP contribution in [0.15, 0.2) is 53.0 Å². The maximum absolute atomic E-state index is 12.9. The molecular weight excluding hydrogens is 420 g/mol. The van der Waals surface area contributed by atoms with Gasteiger partial charge in [-0.2, -0.15) is 0 Å². The first kappa shape index (κ1) is 22.0. The third-order valence-electron chi connectivity index (χ3n) is 4.25. The molecule has 0 aliphatic heterocycles. The van der Waals surface area contributed by atoms with Crippen LogP contribution in [-0.4, -0.2) is 35.4 Å². The van der Waals surface area contributed by atoms with Gasteiger partial charge in [-0.15, -0.1) is 0 Å². The molecule has 0 spiro atoms. The Hall–Kier alpha value is -2.34. The van der Waals surface area contributed by atoms with Gasteiger partial charge in [0.15, 0.2) is 6.61 Å². The first-order valence-electron chi connectivity index (χ1n) is 9.30. The second-order valence-corrected chi connectivity index (χ2v) is 8.00. The van der Waals surface area contributed by atoms with E-state index in [2.05, 4.69) is 21.2 Å². The summed E-state index contributed by atoms with van der Waals surface area (Å²) in [5.41, 5.74) is 2.06. The minimum Gasteiger partial charge on any atom is -0.484 e. The van der Waals surface area contributed by atoms with Crippen molar-refractivity contribution in [2.24, 2.45) is 0 Å². The number of amides is 2. The number of carbonyl (C=O) groups excluding carboxylic acids is 2. The third kappa shape index (κ3) is 6.68. The first-order valence-corrected chi connectivity index (χ1v) is 10.1. The van der Waals surface area contributed by atoms with E-state index in [1.165, 1.54) is 0 Å². The molecule has 1 atom stereocenters. The number of hydrogen-bond donors (Lipinski definition) is 1. The molecule has 0 saturated heterocycles. The molecule has 2 aromatic carbocycles. The van der Waals surface area contributed by atoms with Crippen LogP contribution in [0.2, 0.25) is 0 Å². The summed E-state index contributed by atoms with van der Waals surface area (Å²) in [6.45, 7) is 7.72. The molecule has 150 valence electrons. The second-order valence-electron chi connectivity index (χ2n) is 7.09. The van der Waals surface area contributed by atoms with Crippen LogP contribution in [0, 0.1) is 6.92 Å². The molecule has 0 heterocycles. The average molecular weight is 447 g/mol. The lowest BCUT2D eigenvalue weighted by molar-refractivity contribution is -0.142. The topological polar surface area (TPSA) is 58.6 Å². The molecular formula is C22H27BrN2O3. The predicted octanol–water partition coefficient (Wildman–Crippen LogP) is 4.08. The van der Waals surface area contributed by atoms with Crippen molar-refractivity contribution in [3.05, 3.63) is 64.1 Å². The van der Waals surface area contributed by atoms with Gasteiger partial charge in [-0.25, -0.2) is 0 Å². The molecule has 0 saturated carbocycles. The van der Waals surface area contributed by atoms with Crippen molar-refractivity contribution in [2.45, 2.75) is 46.3 Å². The van der Waals surface area contributed by atoms with Crippen molar-refractivity contribution in [3.8, 4) is 5.75 Å². The van der Waals surface area contributed by atoms with Crippen LogP contribution in [-0.2, 0) is 16.1 Å². The zero-order valence-electron chi connectivity index (χ0n) is 16.7. The van der Waals surface area contributed by atoms with Gasteiger partial charge in [0, 0.05) is 17.1 Å². The number of halogens is 1. The molecule has 0 aliphatic carbocycles. The maximum Gasteiger partial charge on any atom is 0.261 e. The van der Waals surface area contributed by atoms with Crippen LogP contribution < -0.4 is 10.1 Å². The summed E-state index contributed by atoms with van der Waals surface area (Å²) < 4.78 is 6.60. The predicted molar refractivity (Wildman–Crippen MR) is 114 cm³/mol. The Bertz CT molecular complexity index is 788. The van der Waals surface area contributed by atoms with Gasteiger partial charge in [0.25, 0.3) is 5.91 Å². The standard InChI is InChI=1S/C22H27BrN2O3/c1-15(2)24-22(27)17(4)25(13-18-7-9-19(23)10-8-18)21(26)14-28-20-11-5-16(3)6-12-20/h5-12,15,17H,13-14H2,1-4H3,(H,24,27). The van der Waals surface area contributed by atoms with Crippen molar-refractivity contribution >= 4 is 27.7 Å². The lowest BCUT2D eigenvalue weighted by Crippen LogP contribution is -2.50. The lowest BCUT2D eigenvalue weighted by atomic mass is 10.1. The number of nitrogens with one attached hydrogen (secondary N) is 1. The van der Waals surface area contributed by atoms with Gasteiger partial charge in [-0.3, -0.25) is 9.59 Å². The highest BCUT2D eigenvalue weighted by Gasteiger charge is 2.26. The summed E-state index contributed by atoms with van der Waals surface area (Å²) in [6, 6.07) is 14.6. The number of carbonyl (C=O) groups is 2. The summed E-state index contributed by atoms with van der Waals surface area (Å²) in [4.78, 5) is 27.0. The smallest absolute Gasteiger partial charge is 0.261 e. The van der Waals surface area contributed by atoms with Gasteiger partial charge < -0.3 is 15.0 Å². The van der Waals surface area contributed by atoms with Gasteiger partial charge in [-0.1, -0.05) is 45.8 Å². The SMILES string of the molecule is Cc1ccc(OCC(=O)N(Cc2ccc(Br)cc2)C(C)C(=O)NC(C)C)cc1. The molecule has 28 heavy (non-hydrogen) atoms. The van der Waals surface area contributed by atoms with Crippen LogP contribution in [0.3, 0.4) is 0 Å². The van der Waals surface area contributed by atoms with Gasteiger partial charge in [0.05, 0.1) is 0 Å². The van der Waals surface area contributed by atoms with Crippen LogP contribution >= 0.6 is 15.9 Å². The zero-order valence-corrected chi connectivity index (χ0v) is 18.3. The molecule has 0 radical (unpaired) electrons. The third-order valence-corrected chi connectivity index (χ3v) is 4.78. The van der Waals surface area contributed by atoms with E-state index in [0.29, 0.717) is 12.3 Å². The van der Waals surface area contributed by atoms with E-state index in [-0.39, 0.29) is 24.5 Å². The lowest BCUT2D eigenvalue weighted by Gasteiger charge is -2.29. The Morgan fingerprint density at radius 1 is 1.04 bits per heavy atom. The number of ether oxygens (including phenoxy) is 1. The summed E-state index contributed by atoms with van der Waals surface area (Å²) in [5.74, 6) is 0.201. The van der Waals surface area contributed by atoms with Gasteiger partial charge in [-0.05, 0) is 57.5 Å². The summed E-state index contributed by atoms with van der Waals surface area (Å²) >= 11 is 3.41. The molecule has 2 rings (SSSR count). The fraction of sp³-hybridized carbons (Fsp3) is 0.364. The Morgan fingerprint density at radius 3 is 2.21 bits per heavy atom. The molecule has 5 nitrogen and oxygen atoms in total. The van der Waals surface area contributed by atoms with E-state index in [9.17, 15) is 9.59 Å². The Balaban J connectivity index is 2.12. The van der Waals surface area contributed by atoms with Gasteiger partial charge in [0.1, 0.15) is 11.8 Å².